The second kappa shape index (κ2) is 11.5. The Kier molecular flexibility index (Phi) is 8.72. The summed E-state index contributed by atoms with van der Waals surface area (Å²) >= 11 is 1.58. The predicted molar refractivity (Wildman–Crippen MR) is 132 cm³/mol. The molecule has 0 aliphatic carbocycles. The zero-order valence-electron chi connectivity index (χ0n) is 20.0. The number of aryl methyl sites for hydroxylation is 1. The van der Waals surface area contributed by atoms with Crippen LogP contribution in [0.25, 0.3) is 0 Å². The van der Waals surface area contributed by atoms with Gasteiger partial charge in [-0.2, -0.15) is 13.2 Å². The normalized spacial score (nSPS) is 12.3. The van der Waals surface area contributed by atoms with Gasteiger partial charge in [0.05, 0.1) is 12.1 Å². The van der Waals surface area contributed by atoms with Crippen LogP contribution in [0.5, 0.6) is 0 Å². The Morgan fingerprint density at radius 3 is 2.17 bits per heavy atom. The maximum Gasteiger partial charge on any atom is 0.416 e. The molecule has 0 bridgehead atoms. The fourth-order valence-electron chi connectivity index (χ4n) is 3.64. The molecule has 186 valence electrons. The number of nitrogens with zero attached hydrogens (tertiary/aromatic N) is 2. The SMILES string of the molecule is CC[C@H](C)N(CC(=O)N(Cc1ccccc1)Cc1sccc1C)C(=O)c1ccc(C(F)(F)F)cc1. The van der Waals surface area contributed by atoms with Gasteiger partial charge in [-0.05, 0) is 67.1 Å². The third kappa shape index (κ3) is 6.94. The monoisotopic (exact) mass is 502 g/mol. The van der Waals surface area contributed by atoms with E-state index < -0.39 is 17.6 Å². The van der Waals surface area contributed by atoms with E-state index >= 15 is 0 Å². The van der Waals surface area contributed by atoms with Gasteiger partial charge in [0, 0.05) is 23.0 Å². The summed E-state index contributed by atoms with van der Waals surface area (Å²) in [7, 11) is 0. The highest BCUT2D eigenvalue weighted by atomic mass is 32.1. The number of rotatable bonds is 9. The first-order valence-corrected chi connectivity index (χ1v) is 12.3. The number of alkyl halides is 3. The molecule has 0 aliphatic heterocycles. The van der Waals surface area contributed by atoms with Gasteiger partial charge in [0.1, 0.15) is 6.54 Å². The average molecular weight is 503 g/mol. The number of hydrogen-bond acceptors (Lipinski definition) is 3. The molecular weight excluding hydrogens is 473 g/mol. The van der Waals surface area contributed by atoms with Gasteiger partial charge in [-0.3, -0.25) is 9.59 Å². The van der Waals surface area contributed by atoms with Gasteiger partial charge in [-0.25, -0.2) is 0 Å². The first kappa shape index (κ1) is 26.5. The molecular formula is C27H29F3N2O2S. The molecule has 3 aromatic rings. The van der Waals surface area contributed by atoms with Crippen LogP contribution in [0.4, 0.5) is 13.2 Å². The van der Waals surface area contributed by atoms with Crippen LogP contribution in [0.3, 0.4) is 0 Å². The Labute approximate surface area is 208 Å². The lowest BCUT2D eigenvalue weighted by Crippen LogP contribution is -2.46. The molecule has 0 aliphatic rings. The van der Waals surface area contributed by atoms with E-state index in [-0.39, 0.29) is 24.1 Å². The molecule has 0 fully saturated rings. The van der Waals surface area contributed by atoms with Crippen molar-refractivity contribution in [2.75, 3.05) is 6.54 Å². The minimum absolute atomic E-state index is 0.120. The third-order valence-electron chi connectivity index (χ3n) is 6.02. The lowest BCUT2D eigenvalue weighted by molar-refractivity contribution is -0.137. The van der Waals surface area contributed by atoms with Gasteiger partial charge in [0.15, 0.2) is 0 Å². The maximum atomic E-state index is 13.5. The molecule has 35 heavy (non-hydrogen) atoms. The van der Waals surface area contributed by atoms with Crippen LogP contribution in [-0.4, -0.2) is 34.2 Å². The molecule has 0 radical (unpaired) electrons. The highest BCUT2D eigenvalue weighted by molar-refractivity contribution is 7.10. The van der Waals surface area contributed by atoms with Crippen LogP contribution in [0.2, 0.25) is 0 Å². The van der Waals surface area contributed by atoms with E-state index in [0.29, 0.717) is 19.5 Å². The van der Waals surface area contributed by atoms with Crippen molar-refractivity contribution in [3.8, 4) is 0 Å². The number of hydrogen-bond donors (Lipinski definition) is 0. The molecule has 3 rings (SSSR count). The molecule has 8 heteroatoms. The molecule has 0 N–H and O–H groups in total. The van der Waals surface area contributed by atoms with E-state index in [2.05, 4.69) is 0 Å². The molecule has 2 amide bonds. The van der Waals surface area contributed by atoms with Crippen LogP contribution >= 0.6 is 11.3 Å². The van der Waals surface area contributed by atoms with Crippen molar-refractivity contribution in [2.45, 2.75) is 52.5 Å². The van der Waals surface area contributed by atoms with E-state index in [1.54, 1.807) is 16.2 Å². The number of carbonyl (C=O) groups excluding carboxylic acids is 2. The van der Waals surface area contributed by atoms with Crippen LogP contribution in [0.15, 0.2) is 66.0 Å². The Morgan fingerprint density at radius 1 is 0.971 bits per heavy atom. The number of halogens is 3. The van der Waals surface area contributed by atoms with Gasteiger partial charge >= 0.3 is 6.18 Å². The summed E-state index contributed by atoms with van der Waals surface area (Å²) in [4.78, 5) is 31.0. The lowest BCUT2D eigenvalue weighted by atomic mass is 10.1. The van der Waals surface area contributed by atoms with Crippen molar-refractivity contribution in [3.05, 3.63) is 93.2 Å². The van der Waals surface area contributed by atoms with Crippen LogP contribution in [0, 0.1) is 6.92 Å². The topological polar surface area (TPSA) is 40.6 Å². The van der Waals surface area contributed by atoms with Crippen molar-refractivity contribution in [1.82, 2.24) is 9.80 Å². The van der Waals surface area contributed by atoms with Gasteiger partial charge in [0.25, 0.3) is 5.91 Å². The smallest absolute Gasteiger partial charge is 0.332 e. The lowest BCUT2D eigenvalue weighted by Gasteiger charge is -2.31. The Bertz CT molecular complexity index is 1130. The molecule has 2 aromatic carbocycles. The summed E-state index contributed by atoms with van der Waals surface area (Å²) < 4.78 is 38.8. The van der Waals surface area contributed by atoms with Crippen LogP contribution in [0.1, 0.15) is 52.2 Å². The zero-order valence-corrected chi connectivity index (χ0v) is 20.8. The molecule has 0 spiro atoms. The summed E-state index contributed by atoms with van der Waals surface area (Å²) in [6.45, 7) is 6.38. The maximum absolute atomic E-state index is 13.5. The summed E-state index contributed by atoms with van der Waals surface area (Å²) in [5.74, 6) is -0.685. The molecule has 1 aromatic heterocycles. The van der Waals surface area contributed by atoms with Gasteiger partial charge in [0.2, 0.25) is 5.91 Å². The van der Waals surface area contributed by atoms with E-state index in [0.717, 1.165) is 28.1 Å². The first-order valence-electron chi connectivity index (χ1n) is 11.4. The number of carbonyl (C=O) groups is 2. The van der Waals surface area contributed by atoms with Crippen molar-refractivity contribution >= 4 is 23.2 Å². The number of benzene rings is 2. The fraction of sp³-hybridized carbons (Fsp3) is 0.333. The number of thiophene rings is 1. The van der Waals surface area contributed by atoms with E-state index in [4.69, 9.17) is 0 Å². The summed E-state index contributed by atoms with van der Waals surface area (Å²) in [5, 5.41) is 1.98. The van der Waals surface area contributed by atoms with Crippen molar-refractivity contribution in [2.24, 2.45) is 0 Å². The van der Waals surface area contributed by atoms with Crippen LogP contribution in [-0.2, 0) is 24.1 Å². The van der Waals surface area contributed by atoms with Gasteiger partial charge in [-0.1, -0.05) is 37.3 Å². The van der Waals surface area contributed by atoms with Crippen molar-refractivity contribution in [3.63, 3.8) is 0 Å². The third-order valence-corrected chi connectivity index (χ3v) is 7.03. The summed E-state index contributed by atoms with van der Waals surface area (Å²) in [6, 6.07) is 15.5. The highest BCUT2D eigenvalue weighted by Crippen LogP contribution is 2.29. The Balaban J connectivity index is 1.84. The Hall–Kier alpha value is -3.13. The predicted octanol–water partition coefficient (Wildman–Crippen LogP) is 6.55. The van der Waals surface area contributed by atoms with E-state index in [1.807, 2.05) is 62.5 Å². The first-order chi connectivity index (χ1) is 16.6. The van der Waals surface area contributed by atoms with E-state index in [9.17, 15) is 22.8 Å². The molecule has 1 atom stereocenters. The van der Waals surface area contributed by atoms with E-state index in [1.165, 1.54) is 17.0 Å². The molecule has 0 unspecified atom stereocenters. The minimum atomic E-state index is -4.48. The largest absolute Gasteiger partial charge is 0.416 e. The Morgan fingerprint density at radius 2 is 1.63 bits per heavy atom. The molecule has 4 nitrogen and oxygen atoms in total. The molecule has 1 heterocycles. The second-order valence-corrected chi connectivity index (χ2v) is 9.53. The van der Waals surface area contributed by atoms with Gasteiger partial charge < -0.3 is 9.80 Å². The van der Waals surface area contributed by atoms with Gasteiger partial charge in [-0.15, -0.1) is 11.3 Å². The standard InChI is InChI=1S/C27H29F3N2O2S/c1-4-20(3)32(26(34)22-10-12-23(13-11-22)27(28,29)30)18-25(33)31(16-21-8-6-5-7-9-21)17-24-19(2)14-15-35-24/h5-15,20H,4,16-18H2,1-3H3/t20-/m0/s1. The second-order valence-electron chi connectivity index (χ2n) is 8.53. The van der Waals surface area contributed by atoms with Crippen LogP contribution < -0.4 is 0 Å². The zero-order chi connectivity index (χ0) is 25.6. The van der Waals surface area contributed by atoms with Crippen molar-refractivity contribution < 1.29 is 22.8 Å². The fourth-order valence-corrected chi connectivity index (χ4v) is 4.56. The summed E-state index contributed by atoms with van der Waals surface area (Å²) in [6.07, 6.45) is -3.88. The highest BCUT2D eigenvalue weighted by Gasteiger charge is 2.31. The minimum Gasteiger partial charge on any atom is -0.332 e. The number of amides is 2. The summed E-state index contributed by atoms with van der Waals surface area (Å²) in [5.41, 5.74) is 1.37. The molecule has 0 saturated carbocycles. The average Bonchev–Trinajstić information content (AvgIpc) is 3.25. The van der Waals surface area contributed by atoms with Crippen molar-refractivity contribution in [1.29, 1.82) is 0 Å². The molecule has 0 saturated heterocycles. The quantitative estimate of drug-likeness (QED) is 0.333.